The second kappa shape index (κ2) is 9.93. The SMILES string of the molecule is Cc1cccc(C(=O)Oc2cccc(C=NNC(=O)C(=O)Nc3ccc(F)cc3)c2)c1. The van der Waals surface area contributed by atoms with Crippen LogP contribution < -0.4 is 15.5 Å². The van der Waals surface area contributed by atoms with Gasteiger partial charge in [0.15, 0.2) is 0 Å². The van der Waals surface area contributed by atoms with E-state index in [9.17, 15) is 18.8 Å². The van der Waals surface area contributed by atoms with E-state index in [4.69, 9.17) is 4.74 Å². The lowest BCUT2D eigenvalue weighted by Gasteiger charge is -2.06. The predicted octanol–water partition coefficient (Wildman–Crippen LogP) is 3.44. The number of benzene rings is 3. The van der Waals surface area contributed by atoms with Crippen LogP contribution in [0.4, 0.5) is 10.1 Å². The molecule has 0 bridgehead atoms. The van der Waals surface area contributed by atoms with Gasteiger partial charge in [0.05, 0.1) is 11.8 Å². The van der Waals surface area contributed by atoms with Crippen LogP contribution in [0.25, 0.3) is 0 Å². The minimum atomic E-state index is -0.998. The highest BCUT2D eigenvalue weighted by Crippen LogP contribution is 2.15. The Bertz CT molecular complexity index is 1140. The van der Waals surface area contributed by atoms with Crippen molar-refractivity contribution < 1.29 is 23.5 Å². The highest BCUT2D eigenvalue weighted by molar-refractivity contribution is 6.39. The smallest absolute Gasteiger partial charge is 0.343 e. The number of rotatable bonds is 5. The third-order valence-corrected chi connectivity index (χ3v) is 4.01. The van der Waals surface area contributed by atoms with E-state index < -0.39 is 23.6 Å². The Morgan fingerprint density at radius 2 is 1.68 bits per heavy atom. The molecule has 0 heterocycles. The molecule has 2 amide bonds. The maximum atomic E-state index is 12.9. The second-order valence-corrected chi connectivity index (χ2v) is 6.49. The summed E-state index contributed by atoms with van der Waals surface area (Å²) in [4.78, 5) is 35.9. The Morgan fingerprint density at radius 1 is 0.935 bits per heavy atom. The summed E-state index contributed by atoms with van der Waals surface area (Å²) in [7, 11) is 0. The largest absolute Gasteiger partial charge is 0.423 e. The van der Waals surface area contributed by atoms with E-state index in [1.54, 1.807) is 42.5 Å². The molecule has 3 aromatic rings. The van der Waals surface area contributed by atoms with Crippen LogP contribution in [-0.4, -0.2) is 24.0 Å². The minimum absolute atomic E-state index is 0.272. The molecule has 0 aliphatic carbocycles. The van der Waals surface area contributed by atoms with E-state index >= 15 is 0 Å². The van der Waals surface area contributed by atoms with Gasteiger partial charge in [-0.15, -0.1) is 0 Å². The fraction of sp³-hybridized carbons (Fsp3) is 0.0435. The van der Waals surface area contributed by atoms with E-state index in [-0.39, 0.29) is 5.69 Å². The molecule has 0 spiro atoms. The summed E-state index contributed by atoms with van der Waals surface area (Å²) in [5, 5.41) is 6.04. The summed E-state index contributed by atoms with van der Waals surface area (Å²) >= 11 is 0. The van der Waals surface area contributed by atoms with Crippen molar-refractivity contribution in [2.75, 3.05) is 5.32 Å². The van der Waals surface area contributed by atoms with Gasteiger partial charge in [0.25, 0.3) is 0 Å². The Hall–Kier alpha value is -4.33. The molecule has 0 saturated carbocycles. The van der Waals surface area contributed by atoms with Crippen molar-refractivity contribution in [1.82, 2.24) is 5.43 Å². The normalized spacial score (nSPS) is 10.5. The first-order chi connectivity index (χ1) is 14.9. The zero-order valence-corrected chi connectivity index (χ0v) is 16.5. The topological polar surface area (TPSA) is 96.9 Å². The summed E-state index contributed by atoms with van der Waals surface area (Å²) < 4.78 is 18.2. The van der Waals surface area contributed by atoms with Crippen molar-refractivity contribution in [3.8, 4) is 5.75 Å². The van der Waals surface area contributed by atoms with Crippen molar-refractivity contribution in [3.05, 3.63) is 95.3 Å². The average molecular weight is 419 g/mol. The van der Waals surface area contributed by atoms with Crippen LogP contribution in [0.5, 0.6) is 5.75 Å². The number of nitrogens with zero attached hydrogens (tertiary/aromatic N) is 1. The number of halogens is 1. The van der Waals surface area contributed by atoms with Crippen LogP contribution >= 0.6 is 0 Å². The molecule has 31 heavy (non-hydrogen) atoms. The fourth-order valence-electron chi connectivity index (χ4n) is 2.53. The van der Waals surface area contributed by atoms with E-state index in [1.807, 2.05) is 13.0 Å². The first-order valence-electron chi connectivity index (χ1n) is 9.19. The van der Waals surface area contributed by atoms with Gasteiger partial charge in [-0.1, -0.05) is 29.8 Å². The van der Waals surface area contributed by atoms with Gasteiger partial charge >= 0.3 is 17.8 Å². The third-order valence-electron chi connectivity index (χ3n) is 4.01. The zero-order chi connectivity index (χ0) is 22.2. The number of carbonyl (C=O) groups excluding carboxylic acids is 3. The van der Waals surface area contributed by atoms with Crippen molar-refractivity contribution in [2.24, 2.45) is 5.10 Å². The molecular formula is C23H18FN3O4. The van der Waals surface area contributed by atoms with Crippen LogP contribution in [0.1, 0.15) is 21.5 Å². The molecule has 156 valence electrons. The molecule has 0 aromatic heterocycles. The van der Waals surface area contributed by atoms with Gasteiger partial charge in [-0.25, -0.2) is 14.6 Å². The van der Waals surface area contributed by atoms with E-state index in [0.717, 1.165) is 17.7 Å². The van der Waals surface area contributed by atoms with Gasteiger partial charge < -0.3 is 10.1 Å². The third kappa shape index (κ3) is 6.33. The summed E-state index contributed by atoms with van der Waals surface area (Å²) in [6.07, 6.45) is 1.30. The minimum Gasteiger partial charge on any atom is -0.423 e. The van der Waals surface area contributed by atoms with Gasteiger partial charge in [0, 0.05) is 5.69 Å². The number of hydrogen-bond acceptors (Lipinski definition) is 5. The van der Waals surface area contributed by atoms with Crippen LogP contribution in [0.2, 0.25) is 0 Å². The monoisotopic (exact) mass is 419 g/mol. The van der Waals surface area contributed by atoms with Gasteiger partial charge in [-0.3, -0.25) is 9.59 Å². The molecule has 0 saturated heterocycles. The van der Waals surface area contributed by atoms with Crippen molar-refractivity contribution in [2.45, 2.75) is 6.92 Å². The number of esters is 1. The molecule has 0 atom stereocenters. The maximum absolute atomic E-state index is 12.9. The molecule has 7 nitrogen and oxygen atoms in total. The lowest BCUT2D eigenvalue weighted by atomic mass is 10.1. The number of ether oxygens (including phenoxy) is 1. The molecule has 0 unspecified atom stereocenters. The summed E-state index contributed by atoms with van der Waals surface area (Å²) in [6.45, 7) is 1.88. The highest BCUT2D eigenvalue weighted by atomic mass is 19.1. The molecule has 3 aromatic carbocycles. The number of anilines is 1. The molecule has 0 radical (unpaired) electrons. The van der Waals surface area contributed by atoms with E-state index in [0.29, 0.717) is 16.9 Å². The Kier molecular flexibility index (Phi) is 6.85. The molecule has 0 fully saturated rings. The predicted molar refractivity (Wildman–Crippen MR) is 113 cm³/mol. The second-order valence-electron chi connectivity index (χ2n) is 6.49. The summed E-state index contributed by atoms with van der Waals surface area (Å²) in [6, 6.07) is 18.5. The van der Waals surface area contributed by atoms with Gasteiger partial charge in [-0.05, 0) is 61.0 Å². The molecule has 0 aliphatic rings. The Labute approximate surface area is 177 Å². The highest BCUT2D eigenvalue weighted by Gasteiger charge is 2.13. The lowest BCUT2D eigenvalue weighted by Crippen LogP contribution is -2.32. The maximum Gasteiger partial charge on any atom is 0.343 e. The van der Waals surface area contributed by atoms with Gasteiger partial charge in [-0.2, -0.15) is 5.10 Å². The van der Waals surface area contributed by atoms with Crippen molar-refractivity contribution in [1.29, 1.82) is 0 Å². The Morgan fingerprint density at radius 3 is 2.42 bits per heavy atom. The quantitative estimate of drug-likeness (QED) is 0.218. The number of nitrogens with one attached hydrogen (secondary N) is 2. The van der Waals surface area contributed by atoms with E-state index in [2.05, 4.69) is 15.8 Å². The van der Waals surface area contributed by atoms with Crippen molar-refractivity contribution >= 4 is 29.7 Å². The number of aryl methyl sites for hydroxylation is 1. The molecular weight excluding hydrogens is 401 g/mol. The summed E-state index contributed by atoms with van der Waals surface area (Å²) in [5.74, 6) is -2.61. The average Bonchev–Trinajstić information content (AvgIpc) is 2.75. The number of hydrogen-bond donors (Lipinski definition) is 2. The number of hydrazone groups is 1. The van der Waals surface area contributed by atoms with Gasteiger partial charge in [0.2, 0.25) is 0 Å². The molecule has 3 rings (SSSR count). The van der Waals surface area contributed by atoms with Crippen LogP contribution in [-0.2, 0) is 9.59 Å². The van der Waals surface area contributed by atoms with Gasteiger partial charge in [0.1, 0.15) is 11.6 Å². The van der Waals surface area contributed by atoms with Crippen LogP contribution in [0, 0.1) is 12.7 Å². The first-order valence-corrected chi connectivity index (χ1v) is 9.19. The lowest BCUT2D eigenvalue weighted by molar-refractivity contribution is -0.136. The molecule has 2 N–H and O–H groups in total. The zero-order valence-electron chi connectivity index (χ0n) is 16.5. The number of amides is 2. The van der Waals surface area contributed by atoms with E-state index in [1.165, 1.54) is 18.3 Å². The fourth-order valence-corrected chi connectivity index (χ4v) is 2.53. The summed E-state index contributed by atoms with van der Waals surface area (Å²) in [5.41, 5.74) is 4.27. The molecule has 0 aliphatic heterocycles. The van der Waals surface area contributed by atoms with Crippen molar-refractivity contribution in [3.63, 3.8) is 0 Å². The van der Waals surface area contributed by atoms with Crippen LogP contribution in [0.3, 0.4) is 0 Å². The molecule has 8 heteroatoms. The Balaban J connectivity index is 1.56. The van der Waals surface area contributed by atoms with Crippen LogP contribution in [0.15, 0.2) is 77.9 Å². The number of carbonyl (C=O) groups is 3. The standard InChI is InChI=1S/C23H18FN3O4/c1-15-4-2-6-17(12-15)23(30)31-20-7-3-5-16(13-20)14-25-27-22(29)21(28)26-19-10-8-18(24)9-11-19/h2-14H,1H3,(H,26,28)(H,27,29). The first kappa shape index (κ1) is 21.4.